The van der Waals surface area contributed by atoms with Crippen molar-refractivity contribution >= 4 is 0 Å². The van der Waals surface area contributed by atoms with Crippen LogP contribution in [0.3, 0.4) is 0 Å². The molecule has 4 rings (SSSR count). The van der Waals surface area contributed by atoms with Gasteiger partial charge in [0.15, 0.2) is 0 Å². The van der Waals surface area contributed by atoms with E-state index in [0.29, 0.717) is 5.92 Å². The van der Waals surface area contributed by atoms with Crippen LogP contribution in [0, 0.1) is 12.8 Å². The van der Waals surface area contributed by atoms with E-state index in [1.165, 1.54) is 0 Å². The number of aromatic nitrogens is 2. The fraction of sp³-hybridized carbons (Fsp3) is 0.500. The third-order valence-corrected chi connectivity index (χ3v) is 5.56. The van der Waals surface area contributed by atoms with Crippen molar-refractivity contribution in [3.63, 3.8) is 0 Å². The molecule has 0 amide bonds. The summed E-state index contributed by atoms with van der Waals surface area (Å²) < 4.78 is 0. The summed E-state index contributed by atoms with van der Waals surface area (Å²) in [5, 5.41) is 14.2. The zero-order valence-corrected chi connectivity index (χ0v) is 14.8. The molecule has 2 fully saturated rings. The average molecular weight is 338 g/mol. The van der Waals surface area contributed by atoms with Crippen molar-refractivity contribution in [2.45, 2.75) is 31.9 Å². The third-order valence-electron chi connectivity index (χ3n) is 5.56. The van der Waals surface area contributed by atoms with E-state index in [4.69, 9.17) is 4.98 Å². The highest BCUT2D eigenvalue weighted by Gasteiger charge is 2.42. The summed E-state index contributed by atoms with van der Waals surface area (Å²) in [6.07, 6.45) is 1.71. The highest BCUT2D eigenvalue weighted by Crippen LogP contribution is 2.33. The van der Waals surface area contributed by atoms with Gasteiger partial charge in [0.25, 0.3) is 0 Å². The number of hydrogen-bond donors (Lipinski definition) is 2. The maximum absolute atomic E-state index is 10.8. The first-order valence-corrected chi connectivity index (χ1v) is 9.18. The zero-order valence-electron chi connectivity index (χ0n) is 14.8. The number of fused-ring (bicyclic) bond motifs is 1. The van der Waals surface area contributed by atoms with Crippen molar-refractivity contribution in [1.29, 1.82) is 0 Å². The summed E-state index contributed by atoms with van der Waals surface area (Å²) in [4.78, 5) is 11.8. The summed E-state index contributed by atoms with van der Waals surface area (Å²) in [6, 6.07) is 12.3. The normalized spacial score (nSPS) is 27.0. The molecule has 2 aliphatic rings. The Kier molecular flexibility index (Phi) is 4.54. The molecule has 132 valence electrons. The molecule has 2 aromatic rings. The molecule has 1 aromatic carbocycles. The van der Waals surface area contributed by atoms with Crippen LogP contribution >= 0.6 is 0 Å². The van der Waals surface area contributed by atoms with Gasteiger partial charge in [-0.15, -0.1) is 0 Å². The van der Waals surface area contributed by atoms with Crippen LogP contribution in [0.15, 0.2) is 36.4 Å². The van der Waals surface area contributed by atoms with Crippen molar-refractivity contribution in [2.24, 2.45) is 5.92 Å². The fourth-order valence-electron chi connectivity index (χ4n) is 4.09. The minimum absolute atomic E-state index is 0.299. The molecule has 2 atom stereocenters. The lowest BCUT2D eigenvalue weighted by Crippen LogP contribution is -2.58. The van der Waals surface area contributed by atoms with Crippen LogP contribution < -0.4 is 5.32 Å². The molecule has 0 bridgehead atoms. The molecule has 5 nitrogen and oxygen atoms in total. The predicted octanol–water partition coefficient (Wildman–Crippen LogP) is 2.00. The zero-order chi connectivity index (χ0) is 17.3. The summed E-state index contributed by atoms with van der Waals surface area (Å²) in [5.41, 5.74) is 2.62. The molecular weight excluding hydrogens is 312 g/mol. The molecule has 0 saturated carbocycles. The standard InChI is InChI=1S/C20H26N4O/c1-15-11-18(16-5-3-2-4-6-16)23-19(22-15)14-24-10-8-20(25)7-9-21-12-17(20)13-24/h2-6,11,17,21,25H,7-10,12-14H2,1H3/t17-,20-/m0/s1. The van der Waals surface area contributed by atoms with Gasteiger partial charge < -0.3 is 10.4 Å². The molecule has 2 N–H and O–H groups in total. The Balaban J connectivity index is 1.50. The highest BCUT2D eigenvalue weighted by atomic mass is 16.3. The van der Waals surface area contributed by atoms with E-state index in [9.17, 15) is 5.11 Å². The van der Waals surface area contributed by atoms with E-state index in [0.717, 1.165) is 68.3 Å². The van der Waals surface area contributed by atoms with Crippen LogP contribution in [0.25, 0.3) is 11.3 Å². The van der Waals surface area contributed by atoms with E-state index in [1.54, 1.807) is 0 Å². The second kappa shape index (κ2) is 6.83. The number of aryl methyl sites for hydroxylation is 1. The fourth-order valence-corrected chi connectivity index (χ4v) is 4.09. The van der Waals surface area contributed by atoms with Gasteiger partial charge in [0.05, 0.1) is 17.8 Å². The van der Waals surface area contributed by atoms with Crippen molar-refractivity contribution < 1.29 is 5.11 Å². The first kappa shape index (κ1) is 16.6. The first-order valence-electron chi connectivity index (χ1n) is 9.18. The number of piperidine rings is 2. The Morgan fingerprint density at radius 1 is 1.24 bits per heavy atom. The molecule has 2 saturated heterocycles. The lowest BCUT2D eigenvalue weighted by Gasteiger charge is -2.47. The van der Waals surface area contributed by atoms with Crippen molar-refractivity contribution in [3.05, 3.63) is 47.9 Å². The Bertz CT molecular complexity index is 736. The summed E-state index contributed by atoms with van der Waals surface area (Å²) in [5.74, 6) is 1.17. The largest absolute Gasteiger partial charge is 0.389 e. The molecule has 2 aliphatic heterocycles. The Hall–Kier alpha value is -1.82. The topological polar surface area (TPSA) is 61.3 Å². The predicted molar refractivity (Wildman–Crippen MR) is 98.0 cm³/mol. The molecule has 0 radical (unpaired) electrons. The second-order valence-corrected chi connectivity index (χ2v) is 7.42. The van der Waals surface area contributed by atoms with Gasteiger partial charge in [0.1, 0.15) is 5.82 Å². The van der Waals surface area contributed by atoms with Crippen LogP contribution in [0.1, 0.15) is 24.4 Å². The Labute approximate surface area is 149 Å². The first-order chi connectivity index (χ1) is 12.1. The minimum Gasteiger partial charge on any atom is -0.389 e. The summed E-state index contributed by atoms with van der Waals surface area (Å²) >= 11 is 0. The quantitative estimate of drug-likeness (QED) is 0.896. The van der Waals surface area contributed by atoms with E-state index in [1.807, 2.05) is 31.2 Å². The number of benzene rings is 1. The molecule has 5 heteroatoms. The number of aliphatic hydroxyl groups is 1. The van der Waals surface area contributed by atoms with Crippen molar-refractivity contribution in [3.8, 4) is 11.3 Å². The third kappa shape index (κ3) is 3.59. The highest BCUT2D eigenvalue weighted by molar-refractivity contribution is 5.58. The molecular formula is C20H26N4O. The van der Waals surface area contributed by atoms with Crippen molar-refractivity contribution in [2.75, 3.05) is 26.2 Å². The van der Waals surface area contributed by atoms with Crippen LogP contribution in [-0.4, -0.2) is 51.8 Å². The summed E-state index contributed by atoms with van der Waals surface area (Å²) in [7, 11) is 0. The van der Waals surface area contributed by atoms with Gasteiger partial charge in [-0.25, -0.2) is 9.97 Å². The number of nitrogens with zero attached hydrogens (tertiary/aromatic N) is 3. The van der Waals surface area contributed by atoms with Gasteiger partial charge in [0, 0.05) is 36.8 Å². The van der Waals surface area contributed by atoms with Gasteiger partial charge in [-0.2, -0.15) is 0 Å². The van der Waals surface area contributed by atoms with Gasteiger partial charge in [-0.05, 0) is 32.4 Å². The minimum atomic E-state index is -0.482. The maximum atomic E-state index is 10.8. The molecule has 0 aliphatic carbocycles. The van der Waals surface area contributed by atoms with Crippen molar-refractivity contribution in [1.82, 2.24) is 20.2 Å². The Morgan fingerprint density at radius 3 is 2.92 bits per heavy atom. The second-order valence-electron chi connectivity index (χ2n) is 7.42. The smallest absolute Gasteiger partial charge is 0.143 e. The van der Waals surface area contributed by atoms with Crippen LogP contribution in [0.4, 0.5) is 0 Å². The molecule has 25 heavy (non-hydrogen) atoms. The van der Waals surface area contributed by atoms with E-state index < -0.39 is 5.60 Å². The number of rotatable bonds is 3. The van der Waals surface area contributed by atoms with E-state index >= 15 is 0 Å². The van der Waals surface area contributed by atoms with Gasteiger partial charge in [-0.3, -0.25) is 4.90 Å². The van der Waals surface area contributed by atoms with Gasteiger partial charge in [-0.1, -0.05) is 30.3 Å². The van der Waals surface area contributed by atoms with E-state index in [2.05, 4.69) is 27.3 Å². The number of likely N-dealkylation sites (tertiary alicyclic amines) is 1. The molecule has 1 aromatic heterocycles. The lowest BCUT2D eigenvalue weighted by molar-refractivity contribution is -0.0903. The average Bonchev–Trinajstić information content (AvgIpc) is 2.62. The van der Waals surface area contributed by atoms with Gasteiger partial charge in [0.2, 0.25) is 0 Å². The molecule has 3 heterocycles. The lowest BCUT2D eigenvalue weighted by atomic mass is 9.76. The van der Waals surface area contributed by atoms with Crippen LogP contribution in [0.2, 0.25) is 0 Å². The van der Waals surface area contributed by atoms with Crippen LogP contribution in [-0.2, 0) is 6.54 Å². The van der Waals surface area contributed by atoms with Crippen LogP contribution in [0.5, 0.6) is 0 Å². The molecule has 0 spiro atoms. The van der Waals surface area contributed by atoms with Gasteiger partial charge >= 0.3 is 0 Å². The number of hydrogen-bond acceptors (Lipinski definition) is 5. The molecule has 0 unspecified atom stereocenters. The monoisotopic (exact) mass is 338 g/mol. The van der Waals surface area contributed by atoms with E-state index in [-0.39, 0.29) is 0 Å². The maximum Gasteiger partial charge on any atom is 0.143 e. The Morgan fingerprint density at radius 2 is 2.08 bits per heavy atom. The number of nitrogens with one attached hydrogen (secondary N) is 1. The SMILES string of the molecule is Cc1cc(-c2ccccc2)nc(CN2CC[C@@]3(O)CCNC[C@H]3C2)n1. The summed E-state index contributed by atoms with van der Waals surface area (Å²) in [6.45, 7) is 6.41.